The SMILES string of the molecule is O=S(=O)(CCSc1n[nH]c2nc3ccccc3n12)c1ccc(Br)cc1. The van der Waals surface area contributed by atoms with E-state index in [0.717, 1.165) is 15.5 Å². The van der Waals surface area contributed by atoms with Gasteiger partial charge in [0.2, 0.25) is 5.78 Å². The summed E-state index contributed by atoms with van der Waals surface area (Å²) in [4.78, 5) is 4.79. The Morgan fingerprint density at radius 1 is 1.12 bits per heavy atom. The molecule has 0 radical (unpaired) electrons. The van der Waals surface area contributed by atoms with Crippen molar-refractivity contribution >= 4 is 54.3 Å². The van der Waals surface area contributed by atoms with Crippen LogP contribution in [0.2, 0.25) is 0 Å². The van der Waals surface area contributed by atoms with E-state index in [0.29, 0.717) is 21.6 Å². The number of thioether (sulfide) groups is 1. The van der Waals surface area contributed by atoms with E-state index in [-0.39, 0.29) is 5.75 Å². The molecule has 0 saturated carbocycles. The highest BCUT2D eigenvalue weighted by Gasteiger charge is 2.16. The van der Waals surface area contributed by atoms with E-state index in [1.165, 1.54) is 11.8 Å². The standard InChI is InChI=1S/C16H13BrN4O2S2/c17-11-5-7-12(8-6-11)25(22,23)10-9-24-16-20-19-15-18-13-3-1-2-4-14(13)21(15)16/h1-8H,9-10H2,(H,18,19). The summed E-state index contributed by atoms with van der Waals surface area (Å²) in [6.07, 6.45) is 0. The van der Waals surface area contributed by atoms with E-state index in [2.05, 4.69) is 31.1 Å². The lowest BCUT2D eigenvalue weighted by molar-refractivity contribution is 0.597. The molecular weight excluding hydrogens is 424 g/mol. The van der Waals surface area contributed by atoms with Crippen molar-refractivity contribution in [1.82, 2.24) is 19.6 Å². The maximum absolute atomic E-state index is 12.4. The average molecular weight is 437 g/mol. The second-order valence-electron chi connectivity index (χ2n) is 5.39. The van der Waals surface area contributed by atoms with Gasteiger partial charge in [0.1, 0.15) is 0 Å². The number of hydrogen-bond donors (Lipinski definition) is 1. The molecule has 0 saturated heterocycles. The van der Waals surface area contributed by atoms with Crippen LogP contribution >= 0.6 is 27.7 Å². The Labute approximate surface area is 156 Å². The number of imidazole rings is 1. The first-order chi connectivity index (χ1) is 12.0. The number of hydrogen-bond acceptors (Lipinski definition) is 5. The normalized spacial score (nSPS) is 12.2. The van der Waals surface area contributed by atoms with Crippen LogP contribution in [0.5, 0.6) is 0 Å². The minimum Gasteiger partial charge on any atom is -0.254 e. The van der Waals surface area contributed by atoms with Crippen LogP contribution in [0, 0.1) is 0 Å². The number of sulfone groups is 1. The number of fused-ring (bicyclic) bond motifs is 3. The molecule has 25 heavy (non-hydrogen) atoms. The van der Waals surface area contributed by atoms with Gasteiger partial charge in [-0.25, -0.2) is 18.5 Å². The van der Waals surface area contributed by atoms with Gasteiger partial charge in [0, 0.05) is 10.2 Å². The minimum absolute atomic E-state index is 0.0419. The number of H-pyrrole nitrogens is 1. The molecule has 2 aromatic heterocycles. The molecule has 0 aliphatic heterocycles. The van der Waals surface area contributed by atoms with Gasteiger partial charge < -0.3 is 0 Å². The zero-order valence-electron chi connectivity index (χ0n) is 12.9. The minimum atomic E-state index is -3.32. The van der Waals surface area contributed by atoms with Crippen molar-refractivity contribution in [2.24, 2.45) is 0 Å². The molecule has 0 atom stereocenters. The van der Waals surface area contributed by atoms with Crippen LogP contribution in [-0.2, 0) is 9.84 Å². The Morgan fingerprint density at radius 3 is 2.68 bits per heavy atom. The maximum atomic E-state index is 12.4. The number of halogens is 1. The number of nitrogens with zero attached hydrogens (tertiary/aromatic N) is 3. The Morgan fingerprint density at radius 2 is 1.88 bits per heavy atom. The molecule has 128 valence electrons. The predicted octanol–water partition coefficient (Wildman–Crippen LogP) is 3.54. The molecule has 0 aliphatic rings. The lowest BCUT2D eigenvalue weighted by Gasteiger charge is -2.04. The number of aromatic amines is 1. The van der Waals surface area contributed by atoms with Crippen molar-refractivity contribution in [2.45, 2.75) is 10.1 Å². The summed E-state index contributed by atoms with van der Waals surface area (Å²) >= 11 is 4.70. The number of rotatable bonds is 5. The van der Waals surface area contributed by atoms with E-state index < -0.39 is 9.84 Å². The second-order valence-corrected chi connectivity index (χ2v) is 9.47. The summed E-state index contributed by atoms with van der Waals surface area (Å²) in [5.74, 6) is 1.10. The van der Waals surface area contributed by atoms with E-state index in [4.69, 9.17) is 0 Å². The smallest absolute Gasteiger partial charge is 0.231 e. The van der Waals surface area contributed by atoms with Crippen LogP contribution in [0.4, 0.5) is 0 Å². The first-order valence-electron chi connectivity index (χ1n) is 7.47. The van der Waals surface area contributed by atoms with Gasteiger partial charge in [-0.2, -0.15) is 0 Å². The highest BCUT2D eigenvalue weighted by molar-refractivity contribution is 9.10. The lowest BCUT2D eigenvalue weighted by Crippen LogP contribution is -2.09. The molecule has 0 amide bonds. The maximum Gasteiger partial charge on any atom is 0.231 e. The molecule has 2 heterocycles. The molecule has 9 heteroatoms. The fourth-order valence-electron chi connectivity index (χ4n) is 2.54. The van der Waals surface area contributed by atoms with Crippen LogP contribution < -0.4 is 0 Å². The summed E-state index contributed by atoms with van der Waals surface area (Å²) in [6.45, 7) is 0. The average Bonchev–Trinajstić information content (AvgIpc) is 3.15. The molecule has 0 spiro atoms. The van der Waals surface area contributed by atoms with Crippen LogP contribution in [-0.4, -0.2) is 39.5 Å². The Bertz CT molecular complexity index is 1150. The molecule has 0 aliphatic carbocycles. The zero-order chi connectivity index (χ0) is 17.4. The lowest BCUT2D eigenvalue weighted by atomic mass is 10.3. The zero-order valence-corrected chi connectivity index (χ0v) is 16.1. The summed E-state index contributed by atoms with van der Waals surface area (Å²) in [5.41, 5.74) is 1.82. The summed E-state index contributed by atoms with van der Waals surface area (Å²) in [7, 11) is -3.32. The van der Waals surface area contributed by atoms with Crippen LogP contribution in [0.3, 0.4) is 0 Å². The number of nitrogens with one attached hydrogen (secondary N) is 1. The first-order valence-corrected chi connectivity index (χ1v) is 10.9. The fourth-order valence-corrected chi connectivity index (χ4v) is 5.41. The number of benzene rings is 2. The number of aromatic nitrogens is 4. The van der Waals surface area contributed by atoms with Crippen molar-refractivity contribution in [3.8, 4) is 0 Å². The van der Waals surface area contributed by atoms with Gasteiger partial charge in [-0.05, 0) is 36.4 Å². The molecule has 1 N–H and O–H groups in total. The van der Waals surface area contributed by atoms with Crippen LogP contribution in [0.25, 0.3) is 16.8 Å². The number of para-hydroxylation sites is 2. The van der Waals surface area contributed by atoms with Gasteiger partial charge in [0.25, 0.3) is 0 Å². The van der Waals surface area contributed by atoms with E-state index in [1.807, 2.05) is 28.7 Å². The van der Waals surface area contributed by atoms with Gasteiger partial charge in [0.05, 0.1) is 21.7 Å². The third-order valence-corrected chi connectivity index (χ3v) is 7.22. The molecular formula is C16H13BrN4O2S2. The third-order valence-electron chi connectivity index (χ3n) is 3.76. The van der Waals surface area contributed by atoms with Gasteiger partial charge in [-0.3, -0.25) is 4.40 Å². The third kappa shape index (κ3) is 3.19. The fraction of sp³-hybridized carbons (Fsp3) is 0.125. The van der Waals surface area contributed by atoms with Gasteiger partial charge in [0.15, 0.2) is 15.0 Å². The predicted molar refractivity (Wildman–Crippen MR) is 102 cm³/mol. The van der Waals surface area contributed by atoms with Gasteiger partial charge in [-0.1, -0.05) is 39.8 Å². The highest BCUT2D eigenvalue weighted by atomic mass is 79.9. The molecule has 4 rings (SSSR count). The molecule has 0 bridgehead atoms. The van der Waals surface area contributed by atoms with E-state index >= 15 is 0 Å². The van der Waals surface area contributed by atoms with Gasteiger partial charge in [-0.15, -0.1) is 5.10 Å². The summed E-state index contributed by atoms with van der Waals surface area (Å²) in [6, 6.07) is 14.5. The van der Waals surface area contributed by atoms with Crippen LogP contribution in [0.15, 0.2) is 63.1 Å². The van der Waals surface area contributed by atoms with Crippen molar-refractivity contribution < 1.29 is 8.42 Å². The summed E-state index contributed by atoms with van der Waals surface area (Å²) < 4.78 is 27.6. The monoisotopic (exact) mass is 436 g/mol. The highest BCUT2D eigenvalue weighted by Crippen LogP contribution is 2.24. The first kappa shape index (κ1) is 16.6. The quantitative estimate of drug-likeness (QED) is 0.483. The topological polar surface area (TPSA) is 80.1 Å². The van der Waals surface area contributed by atoms with E-state index in [1.54, 1.807) is 24.3 Å². The Kier molecular flexibility index (Phi) is 4.30. The molecule has 4 aromatic rings. The molecule has 0 unspecified atom stereocenters. The van der Waals surface area contributed by atoms with Crippen molar-refractivity contribution in [3.63, 3.8) is 0 Å². The summed E-state index contributed by atoms with van der Waals surface area (Å²) in [5, 5.41) is 7.84. The molecule has 6 nitrogen and oxygen atoms in total. The molecule has 0 fully saturated rings. The van der Waals surface area contributed by atoms with E-state index in [9.17, 15) is 8.42 Å². The van der Waals surface area contributed by atoms with Crippen molar-refractivity contribution in [2.75, 3.05) is 11.5 Å². The molecule has 2 aromatic carbocycles. The van der Waals surface area contributed by atoms with Crippen molar-refractivity contribution in [1.29, 1.82) is 0 Å². The van der Waals surface area contributed by atoms with Crippen LogP contribution in [0.1, 0.15) is 0 Å². The van der Waals surface area contributed by atoms with Gasteiger partial charge >= 0.3 is 0 Å². The van der Waals surface area contributed by atoms with Crippen molar-refractivity contribution in [3.05, 3.63) is 53.0 Å². The largest absolute Gasteiger partial charge is 0.254 e. The Hall–Kier alpha value is -1.84. The second kappa shape index (κ2) is 6.47. The Balaban J connectivity index is 1.54.